The molecule has 0 aliphatic rings. The van der Waals surface area contributed by atoms with Crippen LogP contribution in [0.4, 0.5) is 9.59 Å². The summed E-state index contributed by atoms with van der Waals surface area (Å²) in [5, 5.41) is 0. The molecule has 0 aliphatic heterocycles. The summed E-state index contributed by atoms with van der Waals surface area (Å²) in [4.78, 5) is 50.5. The summed E-state index contributed by atoms with van der Waals surface area (Å²) in [6.07, 6.45) is 2.30. The zero-order valence-corrected chi connectivity index (χ0v) is 24.1. The van der Waals surface area contributed by atoms with Gasteiger partial charge in [0.25, 0.3) is 0 Å². The minimum Gasteiger partial charge on any atom is -0.458 e. The number of amides is 2. The number of ether oxygens (including phenoxy) is 6. The zero-order chi connectivity index (χ0) is 29.6. The molecule has 0 spiro atoms. The third kappa shape index (κ3) is 17.9. The van der Waals surface area contributed by atoms with E-state index in [9.17, 15) is 19.2 Å². The SMILES string of the molecule is C=CC(=O)OCC(COC(C)COCC(COC(=O)N(C)CCCC)OC(=O)C=C)OC(=O)N(C)CCCC. The minimum absolute atomic E-state index is 0.0567. The molecule has 0 aromatic heterocycles. The maximum absolute atomic E-state index is 12.4. The van der Waals surface area contributed by atoms with Gasteiger partial charge in [-0.15, -0.1) is 0 Å². The number of rotatable bonds is 21. The molecule has 0 aromatic rings. The van der Waals surface area contributed by atoms with Crippen LogP contribution < -0.4 is 0 Å². The molecule has 3 atom stereocenters. The van der Waals surface area contributed by atoms with E-state index in [4.69, 9.17) is 28.4 Å². The molecule has 0 heterocycles. The van der Waals surface area contributed by atoms with E-state index in [-0.39, 0.29) is 33.0 Å². The van der Waals surface area contributed by atoms with Crippen LogP contribution >= 0.6 is 0 Å². The Morgan fingerprint density at radius 2 is 1.26 bits per heavy atom. The van der Waals surface area contributed by atoms with Crippen molar-refractivity contribution in [3.8, 4) is 0 Å². The van der Waals surface area contributed by atoms with Crippen LogP contribution in [-0.4, -0.2) is 112 Å². The van der Waals surface area contributed by atoms with Crippen molar-refractivity contribution in [3.05, 3.63) is 25.3 Å². The lowest BCUT2D eigenvalue weighted by atomic mass is 10.3. The average Bonchev–Trinajstić information content (AvgIpc) is 2.93. The van der Waals surface area contributed by atoms with Crippen molar-refractivity contribution < 1.29 is 47.6 Å². The second-order valence-electron chi connectivity index (χ2n) is 8.91. The van der Waals surface area contributed by atoms with Gasteiger partial charge in [0, 0.05) is 39.3 Å². The molecule has 39 heavy (non-hydrogen) atoms. The smallest absolute Gasteiger partial charge is 0.409 e. The third-order valence-electron chi connectivity index (χ3n) is 5.23. The highest BCUT2D eigenvalue weighted by Crippen LogP contribution is 2.06. The first kappa shape index (κ1) is 35.9. The van der Waals surface area contributed by atoms with Crippen molar-refractivity contribution in [2.75, 3.05) is 60.2 Å². The van der Waals surface area contributed by atoms with Crippen molar-refractivity contribution >= 4 is 24.1 Å². The van der Waals surface area contributed by atoms with Crippen LogP contribution in [0.5, 0.6) is 0 Å². The van der Waals surface area contributed by atoms with Gasteiger partial charge in [-0.1, -0.05) is 39.8 Å². The average molecular weight is 559 g/mol. The largest absolute Gasteiger partial charge is 0.458 e. The highest BCUT2D eigenvalue weighted by Gasteiger charge is 2.22. The molecule has 12 nitrogen and oxygen atoms in total. The van der Waals surface area contributed by atoms with Gasteiger partial charge in [0.2, 0.25) is 0 Å². The molecule has 0 bridgehead atoms. The van der Waals surface area contributed by atoms with Gasteiger partial charge in [-0.25, -0.2) is 19.2 Å². The van der Waals surface area contributed by atoms with Gasteiger partial charge in [0.1, 0.15) is 13.2 Å². The monoisotopic (exact) mass is 558 g/mol. The number of carbonyl (C=O) groups excluding carboxylic acids is 4. The maximum Gasteiger partial charge on any atom is 0.409 e. The number of unbranched alkanes of at least 4 members (excludes halogenated alkanes) is 2. The van der Waals surface area contributed by atoms with Crippen molar-refractivity contribution in [1.82, 2.24) is 9.80 Å². The predicted octanol–water partition coefficient (Wildman–Crippen LogP) is 3.34. The van der Waals surface area contributed by atoms with Gasteiger partial charge in [-0.05, 0) is 19.8 Å². The Hall–Kier alpha value is -3.12. The van der Waals surface area contributed by atoms with Crippen LogP contribution in [0.2, 0.25) is 0 Å². The Labute approximate surface area is 232 Å². The number of nitrogens with zero attached hydrogens (tertiary/aromatic N) is 2. The molecule has 0 aromatic carbocycles. The number of hydrogen-bond acceptors (Lipinski definition) is 10. The summed E-state index contributed by atoms with van der Waals surface area (Å²) >= 11 is 0. The number of carbonyl (C=O) groups is 4. The van der Waals surface area contributed by atoms with E-state index in [2.05, 4.69) is 13.2 Å². The molecule has 0 aliphatic carbocycles. The maximum atomic E-state index is 12.4. The standard InChI is InChI=1S/C27H46N2O10/c1-8-12-14-28(6)26(32)37-20-22(38-25(31)11-4)17-34-16-21(5)35-18-23(19-36-24(30)10-3)39-27(33)29(7)15-13-9-2/h10-11,21-23H,3-4,8-9,12-20H2,1-2,5-7H3. The Balaban J connectivity index is 4.81. The topological polar surface area (TPSA) is 130 Å². The van der Waals surface area contributed by atoms with Gasteiger partial charge in [0.15, 0.2) is 12.2 Å². The van der Waals surface area contributed by atoms with E-state index in [0.29, 0.717) is 13.1 Å². The normalized spacial score (nSPS) is 12.8. The molecule has 3 unspecified atom stereocenters. The van der Waals surface area contributed by atoms with Crippen LogP contribution in [0.1, 0.15) is 46.5 Å². The Kier molecular flexibility index (Phi) is 20.0. The molecular weight excluding hydrogens is 512 g/mol. The van der Waals surface area contributed by atoms with Crippen molar-refractivity contribution in [2.45, 2.75) is 64.8 Å². The molecular formula is C27H46N2O10. The van der Waals surface area contributed by atoms with Crippen molar-refractivity contribution in [2.24, 2.45) is 0 Å². The molecule has 0 rings (SSSR count). The Morgan fingerprint density at radius 1 is 0.718 bits per heavy atom. The molecule has 0 saturated carbocycles. The molecule has 0 N–H and O–H groups in total. The molecule has 224 valence electrons. The molecule has 0 fully saturated rings. The van der Waals surface area contributed by atoms with E-state index >= 15 is 0 Å². The van der Waals surface area contributed by atoms with Gasteiger partial charge in [-0.2, -0.15) is 0 Å². The first-order valence-corrected chi connectivity index (χ1v) is 13.2. The number of esters is 2. The lowest BCUT2D eigenvalue weighted by molar-refractivity contribution is -0.150. The summed E-state index contributed by atoms with van der Waals surface area (Å²) in [6, 6.07) is 0. The van der Waals surface area contributed by atoms with Crippen molar-refractivity contribution in [1.29, 1.82) is 0 Å². The van der Waals surface area contributed by atoms with Crippen LogP contribution in [0.25, 0.3) is 0 Å². The summed E-state index contributed by atoms with van der Waals surface area (Å²) in [5.74, 6) is -1.32. The van der Waals surface area contributed by atoms with Crippen LogP contribution in [-0.2, 0) is 38.0 Å². The van der Waals surface area contributed by atoms with E-state index < -0.39 is 42.4 Å². The second kappa shape index (κ2) is 21.8. The van der Waals surface area contributed by atoms with E-state index in [0.717, 1.165) is 37.8 Å². The fraction of sp³-hybridized carbons (Fsp3) is 0.704. The zero-order valence-electron chi connectivity index (χ0n) is 24.1. The summed E-state index contributed by atoms with van der Waals surface area (Å²) in [5.41, 5.74) is 0. The first-order chi connectivity index (χ1) is 18.6. The molecule has 2 amide bonds. The molecule has 0 radical (unpaired) electrons. The van der Waals surface area contributed by atoms with Crippen molar-refractivity contribution in [3.63, 3.8) is 0 Å². The minimum atomic E-state index is -0.850. The Morgan fingerprint density at radius 3 is 1.82 bits per heavy atom. The highest BCUT2D eigenvalue weighted by molar-refractivity contribution is 5.81. The van der Waals surface area contributed by atoms with E-state index in [1.165, 1.54) is 9.80 Å². The molecule has 12 heteroatoms. The molecule has 0 saturated heterocycles. The van der Waals surface area contributed by atoms with Gasteiger partial charge < -0.3 is 38.2 Å². The summed E-state index contributed by atoms with van der Waals surface area (Å²) in [7, 11) is 3.25. The van der Waals surface area contributed by atoms with E-state index in [1.54, 1.807) is 21.0 Å². The first-order valence-electron chi connectivity index (χ1n) is 13.2. The third-order valence-corrected chi connectivity index (χ3v) is 5.23. The lowest BCUT2D eigenvalue weighted by Crippen LogP contribution is -2.37. The quantitative estimate of drug-likeness (QED) is 0.117. The van der Waals surface area contributed by atoms with Crippen LogP contribution in [0, 0.1) is 0 Å². The number of hydrogen-bond donors (Lipinski definition) is 0. The summed E-state index contributed by atoms with van der Waals surface area (Å²) in [6.45, 7) is 13.1. The fourth-order valence-electron chi connectivity index (χ4n) is 2.84. The summed E-state index contributed by atoms with van der Waals surface area (Å²) < 4.78 is 32.3. The van der Waals surface area contributed by atoms with Crippen LogP contribution in [0.15, 0.2) is 25.3 Å². The highest BCUT2D eigenvalue weighted by atomic mass is 16.6. The predicted molar refractivity (Wildman–Crippen MR) is 144 cm³/mol. The van der Waals surface area contributed by atoms with Gasteiger partial charge >= 0.3 is 24.1 Å². The van der Waals surface area contributed by atoms with Crippen LogP contribution in [0.3, 0.4) is 0 Å². The fourth-order valence-corrected chi connectivity index (χ4v) is 2.84. The van der Waals surface area contributed by atoms with Gasteiger partial charge in [0.05, 0.1) is 25.9 Å². The Bertz CT molecular complexity index is 761. The van der Waals surface area contributed by atoms with E-state index in [1.807, 2.05) is 13.8 Å². The second-order valence-corrected chi connectivity index (χ2v) is 8.91. The lowest BCUT2D eigenvalue weighted by Gasteiger charge is -2.24. The van der Waals surface area contributed by atoms with Gasteiger partial charge in [-0.3, -0.25) is 0 Å².